The van der Waals surface area contributed by atoms with Crippen LogP contribution in [-0.4, -0.2) is 10.2 Å². The quantitative estimate of drug-likeness (QED) is 0.646. The van der Waals surface area contributed by atoms with E-state index in [0.29, 0.717) is 27.5 Å². The molecule has 3 nitrogen and oxygen atoms in total. The molecule has 0 amide bonds. The molecule has 0 unspecified atom stereocenters. The Labute approximate surface area is 130 Å². The summed E-state index contributed by atoms with van der Waals surface area (Å²) in [6.07, 6.45) is 0. The first-order valence-electron chi connectivity index (χ1n) is 6.18. The molecule has 0 N–H and O–H groups in total. The van der Waals surface area contributed by atoms with Gasteiger partial charge in [0.1, 0.15) is 5.82 Å². The normalized spacial score (nSPS) is 10.8. The SMILES string of the molecule is Fc1ccc(-c2nnc(SCc3ccccc3Cl)o2)cc1. The van der Waals surface area contributed by atoms with Crippen LogP contribution in [-0.2, 0) is 5.75 Å². The lowest BCUT2D eigenvalue weighted by Gasteiger charge is -2.00. The van der Waals surface area contributed by atoms with Crippen molar-refractivity contribution in [3.63, 3.8) is 0 Å². The number of aromatic nitrogens is 2. The molecule has 1 aromatic heterocycles. The predicted molar refractivity (Wildman–Crippen MR) is 80.7 cm³/mol. The lowest BCUT2D eigenvalue weighted by Crippen LogP contribution is -1.81. The highest BCUT2D eigenvalue weighted by Gasteiger charge is 2.10. The monoisotopic (exact) mass is 320 g/mol. The van der Waals surface area contributed by atoms with Crippen LogP contribution in [0.2, 0.25) is 5.02 Å². The minimum Gasteiger partial charge on any atom is -0.411 e. The zero-order valence-electron chi connectivity index (χ0n) is 10.8. The Balaban J connectivity index is 1.71. The van der Waals surface area contributed by atoms with E-state index in [0.717, 1.165) is 5.56 Å². The van der Waals surface area contributed by atoms with Crippen molar-refractivity contribution in [2.75, 3.05) is 0 Å². The molecule has 3 aromatic rings. The van der Waals surface area contributed by atoms with Crippen molar-refractivity contribution >= 4 is 23.4 Å². The maximum Gasteiger partial charge on any atom is 0.277 e. The summed E-state index contributed by atoms with van der Waals surface area (Å²) >= 11 is 7.50. The Bertz CT molecular complexity index is 745. The van der Waals surface area contributed by atoms with Crippen molar-refractivity contribution in [3.05, 3.63) is 64.9 Å². The summed E-state index contributed by atoms with van der Waals surface area (Å²) in [6, 6.07) is 13.5. The van der Waals surface area contributed by atoms with Crippen LogP contribution in [0, 0.1) is 5.82 Å². The van der Waals surface area contributed by atoms with Crippen molar-refractivity contribution in [2.45, 2.75) is 11.0 Å². The summed E-state index contributed by atoms with van der Waals surface area (Å²) < 4.78 is 18.4. The van der Waals surface area contributed by atoms with E-state index in [-0.39, 0.29) is 5.82 Å². The van der Waals surface area contributed by atoms with Crippen LogP contribution in [0.3, 0.4) is 0 Å². The zero-order chi connectivity index (χ0) is 14.7. The lowest BCUT2D eigenvalue weighted by atomic mass is 10.2. The molecule has 0 spiro atoms. The van der Waals surface area contributed by atoms with E-state index >= 15 is 0 Å². The van der Waals surface area contributed by atoms with Crippen LogP contribution in [0.1, 0.15) is 5.56 Å². The van der Waals surface area contributed by atoms with Gasteiger partial charge in [0, 0.05) is 16.3 Å². The third-order valence-corrected chi connectivity index (χ3v) is 4.04. The molecule has 0 saturated heterocycles. The Morgan fingerprint density at radius 1 is 1.05 bits per heavy atom. The van der Waals surface area contributed by atoms with E-state index < -0.39 is 0 Å². The van der Waals surface area contributed by atoms with Crippen molar-refractivity contribution in [3.8, 4) is 11.5 Å². The summed E-state index contributed by atoms with van der Waals surface area (Å²) in [4.78, 5) is 0. The third kappa shape index (κ3) is 3.43. The third-order valence-electron chi connectivity index (χ3n) is 2.81. The largest absolute Gasteiger partial charge is 0.411 e. The minimum atomic E-state index is -0.299. The molecule has 1 heterocycles. The number of hydrogen-bond donors (Lipinski definition) is 0. The molecule has 21 heavy (non-hydrogen) atoms. The van der Waals surface area contributed by atoms with Crippen LogP contribution in [0.5, 0.6) is 0 Å². The van der Waals surface area contributed by atoms with Crippen molar-refractivity contribution in [2.24, 2.45) is 0 Å². The number of benzene rings is 2. The molecular formula is C15H10ClFN2OS. The van der Waals surface area contributed by atoms with Gasteiger partial charge in [-0.25, -0.2) is 4.39 Å². The second kappa shape index (κ2) is 6.28. The molecular weight excluding hydrogens is 311 g/mol. The van der Waals surface area contributed by atoms with Gasteiger partial charge in [-0.05, 0) is 35.9 Å². The first kappa shape index (κ1) is 14.1. The molecule has 0 aliphatic heterocycles. The fourth-order valence-corrected chi connectivity index (χ4v) is 2.78. The molecule has 0 saturated carbocycles. The summed E-state index contributed by atoms with van der Waals surface area (Å²) in [5, 5.41) is 9.09. The van der Waals surface area contributed by atoms with Crippen molar-refractivity contribution < 1.29 is 8.81 Å². The maximum absolute atomic E-state index is 12.9. The van der Waals surface area contributed by atoms with Gasteiger partial charge in [-0.3, -0.25) is 0 Å². The van der Waals surface area contributed by atoms with E-state index in [1.165, 1.54) is 23.9 Å². The predicted octanol–water partition coefficient (Wildman–Crippen LogP) is 4.82. The smallest absolute Gasteiger partial charge is 0.277 e. The van der Waals surface area contributed by atoms with Gasteiger partial charge in [0.2, 0.25) is 5.89 Å². The average Bonchev–Trinajstić information content (AvgIpc) is 2.96. The second-order valence-corrected chi connectivity index (χ2v) is 5.59. The van der Waals surface area contributed by atoms with Crippen LogP contribution < -0.4 is 0 Å². The summed E-state index contributed by atoms with van der Waals surface area (Å²) in [7, 11) is 0. The Morgan fingerprint density at radius 2 is 1.81 bits per heavy atom. The Kier molecular flexibility index (Phi) is 4.22. The fourth-order valence-electron chi connectivity index (χ4n) is 1.73. The molecule has 0 aliphatic carbocycles. The first-order chi connectivity index (χ1) is 10.2. The van der Waals surface area contributed by atoms with Gasteiger partial charge >= 0.3 is 0 Å². The van der Waals surface area contributed by atoms with Crippen LogP contribution in [0.25, 0.3) is 11.5 Å². The number of rotatable bonds is 4. The number of hydrogen-bond acceptors (Lipinski definition) is 4. The summed E-state index contributed by atoms with van der Waals surface area (Å²) in [6.45, 7) is 0. The van der Waals surface area contributed by atoms with Gasteiger partial charge in [0.25, 0.3) is 5.22 Å². The molecule has 0 radical (unpaired) electrons. The highest BCUT2D eigenvalue weighted by atomic mass is 35.5. The van der Waals surface area contributed by atoms with Gasteiger partial charge in [0.15, 0.2) is 0 Å². The highest BCUT2D eigenvalue weighted by molar-refractivity contribution is 7.98. The summed E-state index contributed by atoms with van der Waals surface area (Å²) in [5.41, 5.74) is 1.69. The molecule has 0 aliphatic rings. The molecule has 0 atom stereocenters. The Hall–Kier alpha value is -1.85. The lowest BCUT2D eigenvalue weighted by molar-refractivity contribution is 0.465. The van der Waals surface area contributed by atoms with Gasteiger partial charge in [-0.2, -0.15) is 0 Å². The Morgan fingerprint density at radius 3 is 2.57 bits per heavy atom. The van der Waals surface area contributed by atoms with Gasteiger partial charge in [-0.1, -0.05) is 41.6 Å². The van der Waals surface area contributed by atoms with Gasteiger partial charge in [-0.15, -0.1) is 10.2 Å². The van der Waals surface area contributed by atoms with E-state index in [4.69, 9.17) is 16.0 Å². The summed E-state index contributed by atoms with van der Waals surface area (Å²) in [5.74, 6) is 0.716. The molecule has 3 rings (SSSR count). The molecule has 0 fully saturated rings. The standard InChI is InChI=1S/C15H10ClFN2OS/c16-13-4-2-1-3-11(13)9-21-15-19-18-14(20-15)10-5-7-12(17)8-6-10/h1-8H,9H2. The average molecular weight is 321 g/mol. The topological polar surface area (TPSA) is 38.9 Å². The minimum absolute atomic E-state index is 0.299. The van der Waals surface area contributed by atoms with E-state index in [9.17, 15) is 4.39 Å². The van der Waals surface area contributed by atoms with E-state index in [2.05, 4.69) is 10.2 Å². The molecule has 106 valence electrons. The number of nitrogens with zero attached hydrogens (tertiary/aromatic N) is 2. The van der Waals surface area contributed by atoms with Crippen LogP contribution in [0.4, 0.5) is 4.39 Å². The van der Waals surface area contributed by atoms with Crippen LogP contribution in [0.15, 0.2) is 58.2 Å². The fraction of sp³-hybridized carbons (Fsp3) is 0.0667. The molecule has 2 aromatic carbocycles. The maximum atomic E-state index is 12.9. The molecule has 0 bridgehead atoms. The van der Waals surface area contributed by atoms with Crippen LogP contribution >= 0.6 is 23.4 Å². The van der Waals surface area contributed by atoms with Crippen molar-refractivity contribution in [1.82, 2.24) is 10.2 Å². The second-order valence-electron chi connectivity index (χ2n) is 4.26. The van der Waals surface area contributed by atoms with E-state index in [1.54, 1.807) is 12.1 Å². The van der Waals surface area contributed by atoms with Crippen molar-refractivity contribution in [1.29, 1.82) is 0 Å². The van der Waals surface area contributed by atoms with Gasteiger partial charge in [0.05, 0.1) is 0 Å². The highest BCUT2D eigenvalue weighted by Crippen LogP contribution is 2.28. The molecule has 6 heteroatoms. The van der Waals surface area contributed by atoms with Gasteiger partial charge < -0.3 is 4.42 Å². The number of halogens is 2. The van der Waals surface area contributed by atoms with E-state index in [1.807, 2.05) is 24.3 Å². The first-order valence-corrected chi connectivity index (χ1v) is 7.54. The zero-order valence-corrected chi connectivity index (χ0v) is 12.4. The number of thioether (sulfide) groups is 1.